The minimum atomic E-state index is -1.10. The van der Waals surface area contributed by atoms with Gasteiger partial charge in [0.25, 0.3) is 0 Å². The van der Waals surface area contributed by atoms with Crippen molar-refractivity contribution >= 4 is 23.8 Å². The average Bonchev–Trinajstić information content (AvgIpc) is 2.74. The van der Waals surface area contributed by atoms with Gasteiger partial charge in [-0.05, 0) is 36.8 Å². The maximum Gasteiger partial charge on any atom is 0.328 e. The lowest BCUT2D eigenvalue weighted by molar-refractivity contribution is -0.131. The number of nitrogens with zero attached hydrogens (tertiary/aromatic N) is 2. The molecule has 1 heterocycles. The molecule has 2 aromatic rings. The molecule has 0 saturated heterocycles. The Bertz CT molecular complexity index is 695. The number of aryl methyl sites for hydroxylation is 2. The minimum absolute atomic E-state index is 0.275. The third-order valence-corrected chi connectivity index (χ3v) is 3.97. The van der Waals surface area contributed by atoms with E-state index in [9.17, 15) is 9.18 Å². The number of thioether (sulfide) groups is 1. The van der Waals surface area contributed by atoms with Crippen molar-refractivity contribution in [3.8, 4) is 0 Å². The van der Waals surface area contributed by atoms with Crippen LogP contribution in [0.5, 0.6) is 0 Å². The highest BCUT2D eigenvalue weighted by Gasteiger charge is 2.05. The number of hydrogen-bond donors (Lipinski definition) is 1. The summed E-state index contributed by atoms with van der Waals surface area (Å²) in [7, 11) is 1.88. The van der Waals surface area contributed by atoms with Gasteiger partial charge in [0.1, 0.15) is 5.82 Å². The zero-order valence-corrected chi connectivity index (χ0v) is 12.5. The monoisotopic (exact) mass is 306 g/mol. The van der Waals surface area contributed by atoms with Gasteiger partial charge >= 0.3 is 5.97 Å². The van der Waals surface area contributed by atoms with Gasteiger partial charge in [-0.1, -0.05) is 6.07 Å². The normalized spacial score (nSPS) is 11.2. The predicted molar refractivity (Wildman–Crippen MR) is 80.6 cm³/mol. The van der Waals surface area contributed by atoms with Crippen molar-refractivity contribution in [2.75, 3.05) is 0 Å². The molecule has 0 spiro atoms. The van der Waals surface area contributed by atoms with Crippen molar-refractivity contribution < 1.29 is 14.3 Å². The van der Waals surface area contributed by atoms with Gasteiger partial charge in [-0.15, -0.1) is 11.8 Å². The van der Waals surface area contributed by atoms with Gasteiger partial charge in [-0.3, -0.25) is 4.68 Å². The van der Waals surface area contributed by atoms with Gasteiger partial charge in [-0.2, -0.15) is 5.10 Å². The van der Waals surface area contributed by atoms with E-state index < -0.39 is 11.8 Å². The highest BCUT2D eigenvalue weighted by Crippen LogP contribution is 2.24. The second kappa shape index (κ2) is 6.58. The number of carbonyl (C=O) groups is 1. The Hall–Kier alpha value is -2.08. The lowest BCUT2D eigenvalue weighted by atomic mass is 10.1. The average molecular weight is 306 g/mol. The van der Waals surface area contributed by atoms with Gasteiger partial charge in [-0.25, -0.2) is 9.18 Å². The molecule has 6 heteroatoms. The molecule has 2 rings (SSSR count). The van der Waals surface area contributed by atoms with Crippen molar-refractivity contribution in [2.24, 2.45) is 7.05 Å². The molecule has 1 aromatic heterocycles. The Morgan fingerprint density at radius 2 is 2.24 bits per heavy atom. The first-order valence-electron chi connectivity index (χ1n) is 6.28. The molecule has 0 atom stereocenters. The first-order valence-corrected chi connectivity index (χ1v) is 7.27. The van der Waals surface area contributed by atoms with Gasteiger partial charge in [0.15, 0.2) is 0 Å². The smallest absolute Gasteiger partial charge is 0.328 e. The predicted octanol–water partition coefficient (Wildman–Crippen LogP) is 3.26. The Kier molecular flexibility index (Phi) is 4.80. The number of hydrogen-bond acceptors (Lipinski definition) is 3. The van der Waals surface area contributed by atoms with E-state index in [1.54, 1.807) is 28.6 Å². The van der Waals surface area contributed by atoms with Gasteiger partial charge in [0, 0.05) is 24.4 Å². The SMILES string of the molecule is Cc1cc(SCc2ccc(F)c(C=CC(=O)O)c2)n(C)n1. The fourth-order valence-corrected chi connectivity index (χ4v) is 2.83. The summed E-state index contributed by atoms with van der Waals surface area (Å²) in [6.07, 6.45) is 2.19. The zero-order valence-electron chi connectivity index (χ0n) is 11.7. The summed E-state index contributed by atoms with van der Waals surface area (Å²) >= 11 is 1.60. The van der Waals surface area contributed by atoms with Crippen LogP contribution in [0.2, 0.25) is 0 Å². The Labute approximate surface area is 126 Å². The van der Waals surface area contributed by atoms with E-state index in [1.807, 2.05) is 20.0 Å². The molecule has 110 valence electrons. The molecule has 1 N–H and O–H groups in total. The number of benzene rings is 1. The summed E-state index contributed by atoms with van der Waals surface area (Å²) in [5.41, 5.74) is 2.14. The maximum absolute atomic E-state index is 13.6. The van der Waals surface area contributed by atoms with E-state index >= 15 is 0 Å². The number of rotatable bonds is 5. The van der Waals surface area contributed by atoms with E-state index in [4.69, 9.17) is 5.11 Å². The molecule has 21 heavy (non-hydrogen) atoms. The molecule has 0 aliphatic carbocycles. The summed E-state index contributed by atoms with van der Waals surface area (Å²) in [6.45, 7) is 1.93. The molecular weight excluding hydrogens is 291 g/mol. The summed E-state index contributed by atoms with van der Waals surface area (Å²) in [4.78, 5) is 10.5. The second-order valence-corrected chi connectivity index (χ2v) is 5.56. The van der Waals surface area contributed by atoms with Crippen LogP contribution in [0.25, 0.3) is 6.08 Å². The molecule has 0 aliphatic rings. The van der Waals surface area contributed by atoms with Crippen LogP contribution in [0.4, 0.5) is 4.39 Å². The molecule has 0 unspecified atom stereocenters. The fourth-order valence-electron chi connectivity index (χ4n) is 1.85. The van der Waals surface area contributed by atoms with E-state index in [2.05, 4.69) is 5.10 Å². The van der Waals surface area contributed by atoms with Crippen LogP contribution in [0.3, 0.4) is 0 Å². The standard InChI is InChI=1S/C15H15FN2O2S/c1-10-7-14(18(2)17-10)21-9-11-3-5-13(16)12(8-11)4-6-15(19)20/h3-8H,9H2,1-2H3,(H,19,20). The van der Waals surface area contributed by atoms with Crippen LogP contribution in [-0.2, 0) is 17.6 Å². The Morgan fingerprint density at radius 1 is 1.48 bits per heavy atom. The highest BCUT2D eigenvalue weighted by atomic mass is 32.2. The van der Waals surface area contributed by atoms with Crippen molar-refractivity contribution in [3.05, 3.63) is 53.0 Å². The number of halogens is 1. The molecule has 0 aliphatic heterocycles. The summed E-state index contributed by atoms with van der Waals surface area (Å²) in [5, 5.41) is 13.9. The quantitative estimate of drug-likeness (QED) is 0.680. The number of aliphatic carboxylic acids is 1. The first-order chi connectivity index (χ1) is 9.95. The van der Waals surface area contributed by atoms with Crippen LogP contribution >= 0.6 is 11.8 Å². The topological polar surface area (TPSA) is 55.1 Å². The largest absolute Gasteiger partial charge is 0.478 e. The molecule has 0 fully saturated rings. The van der Waals surface area contributed by atoms with E-state index in [0.29, 0.717) is 5.75 Å². The third-order valence-electron chi connectivity index (χ3n) is 2.81. The van der Waals surface area contributed by atoms with Crippen LogP contribution in [0.15, 0.2) is 35.4 Å². The summed E-state index contributed by atoms with van der Waals surface area (Å²) in [6, 6.07) is 6.69. The molecule has 0 radical (unpaired) electrons. The number of aromatic nitrogens is 2. The highest BCUT2D eigenvalue weighted by molar-refractivity contribution is 7.98. The Balaban J connectivity index is 2.12. The first kappa shape index (κ1) is 15.3. The Morgan fingerprint density at radius 3 is 2.86 bits per heavy atom. The van der Waals surface area contributed by atoms with Gasteiger partial charge < -0.3 is 5.11 Å². The van der Waals surface area contributed by atoms with E-state index in [-0.39, 0.29) is 5.56 Å². The third kappa shape index (κ3) is 4.19. The lowest BCUT2D eigenvalue weighted by Gasteiger charge is -2.04. The van der Waals surface area contributed by atoms with E-state index in [0.717, 1.165) is 22.4 Å². The van der Waals surface area contributed by atoms with Crippen LogP contribution in [0.1, 0.15) is 16.8 Å². The van der Waals surface area contributed by atoms with Crippen molar-refractivity contribution in [1.82, 2.24) is 9.78 Å². The van der Waals surface area contributed by atoms with Gasteiger partial charge in [0.05, 0.1) is 10.7 Å². The summed E-state index contributed by atoms with van der Waals surface area (Å²) < 4.78 is 15.4. The minimum Gasteiger partial charge on any atom is -0.478 e. The van der Waals surface area contributed by atoms with Crippen LogP contribution in [-0.4, -0.2) is 20.9 Å². The molecule has 0 bridgehead atoms. The fraction of sp³-hybridized carbons (Fsp3) is 0.200. The van der Waals surface area contributed by atoms with Crippen molar-refractivity contribution in [3.63, 3.8) is 0 Å². The van der Waals surface area contributed by atoms with Crippen molar-refractivity contribution in [1.29, 1.82) is 0 Å². The molecule has 1 aromatic carbocycles. The molecule has 4 nitrogen and oxygen atoms in total. The molecule has 0 amide bonds. The maximum atomic E-state index is 13.6. The lowest BCUT2D eigenvalue weighted by Crippen LogP contribution is -1.93. The molecule has 0 saturated carbocycles. The van der Waals surface area contributed by atoms with Gasteiger partial charge in [0.2, 0.25) is 0 Å². The zero-order chi connectivity index (χ0) is 15.4. The molecular formula is C15H15FN2O2S. The second-order valence-electron chi connectivity index (χ2n) is 4.56. The van der Waals surface area contributed by atoms with Crippen molar-refractivity contribution in [2.45, 2.75) is 17.7 Å². The summed E-state index contributed by atoms with van der Waals surface area (Å²) in [5.74, 6) is -0.871. The van der Waals surface area contributed by atoms with E-state index in [1.165, 1.54) is 12.1 Å². The van der Waals surface area contributed by atoms with Crippen LogP contribution in [0, 0.1) is 12.7 Å². The van der Waals surface area contributed by atoms with Crippen LogP contribution < -0.4 is 0 Å². The number of carboxylic acids is 1. The number of carboxylic acid groups (broad SMARTS) is 1.